The molecule has 1 amide bonds. The number of amides is 1. The van der Waals surface area contributed by atoms with Crippen molar-refractivity contribution in [2.45, 2.75) is 38.3 Å². The third-order valence-electron chi connectivity index (χ3n) is 3.76. The molecule has 0 aliphatic heterocycles. The predicted octanol–water partition coefficient (Wildman–Crippen LogP) is 3.41. The van der Waals surface area contributed by atoms with E-state index in [4.69, 9.17) is 5.73 Å². The molecule has 0 aliphatic carbocycles. The van der Waals surface area contributed by atoms with Crippen molar-refractivity contribution in [3.8, 4) is 0 Å². The normalized spacial score (nSPS) is 12.1. The number of carbonyl (C=O) groups is 1. The van der Waals surface area contributed by atoms with Gasteiger partial charge in [-0.2, -0.15) is 0 Å². The second kappa shape index (κ2) is 8.35. The van der Waals surface area contributed by atoms with Crippen molar-refractivity contribution in [1.82, 2.24) is 5.32 Å². The Balaban J connectivity index is 2.17. The summed E-state index contributed by atoms with van der Waals surface area (Å²) in [6.45, 7) is 2.10. The minimum Gasteiger partial charge on any atom is -0.344 e. The molecular formula is C19H24N2O. The van der Waals surface area contributed by atoms with Gasteiger partial charge in [-0.15, -0.1) is 0 Å². The molecule has 0 aliphatic rings. The number of unbranched alkanes of at least 4 members (excludes halogenated alkanes) is 1. The summed E-state index contributed by atoms with van der Waals surface area (Å²) in [7, 11) is 0. The van der Waals surface area contributed by atoms with Crippen LogP contribution in [0.4, 0.5) is 0 Å². The van der Waals surface area contributed by atoms with Crippen LogP contribution in [-0.4, -0.2) is 11.9 Å². The molecule has 3 nitrogen and oxygen atoms in total. The van der Waals surface area contributed by atoms with Crippen LogP contribution in [-0.2, 0) is 4.79 Å². The first-order valence-electron chi connectivity index (χ1n) is 7.88. The van der Waals surface area contributed by atoms with E-state index in [0.717, 1.165) is 30.4 Å². The molecule has 3 heteroatoms. The molecule has 0 aromatic heterocycles. The summed E-state index contributed by atoms with van der Waals surface area (Å²) in [4.78, 5) is 12.4. The molecule has 116 valence electrons. The topological polar surface area (TPSA) is 55.1 Å². The van der Waals surface area contributed by atoms with E-state index in [1.54, 1.807) is 0 Å². The van der Waals surface area contributed by atoms with Crippen LogP contribution in [0.15, 0.2) is 60.7 Å². The average Bonchev–Trinajstić information content (AvgIpc) is 2.58. The Hall–Kier alpha value is -2.13. The molecule has 0 bridgehead atoms. The highest BCUT2D eigenvalue weighted by molar-refractivity contribution is 5.82. The first-order valence-corrected chi connectivity index (χ1v) is 7.88. The Kier molecular flexibility index (Phi) is 6.16. The molecule has 0 heterocycles. The lowest BCUT2D eigenvalue weighted by molar-refractivity contribution is -0.123. The number of rotatable bonds is 7. The lowest BCUT2D eigenvalue weighted by atomic mass is 9.98. The summed E-state index contributed by atoms with van der Waals surface area (Å²) in [5.74, 6) is -0.0915. The van der Waals surface area contributed by atoms with Gasteiger partial charge in [0.1, 0.15) is 0 Å². The molecule has 0 radical (unpaired) electrons. The first kappa shape index (κ1) is 16.2. The van der Waals surface area contributed by atoms with Gasteiger partial charge in [0.05, 0.1) is 12.1 Å². The third-order valence-corrected chi connectivity index (χ3v) is 3.76. The van der Waals surface area contributed by atoms with Crippen LogP contribution in [0, 0.1) is 0 Å². The zero-order chi connectivity index (χ0) is 15.8. The molecule has 2 aromatic rings. The Bertz CT molecular complexity index is 529. The molecule has 2 aromatic carbocycles. The van der Waals surface area contributed by atoms with Gasteiger partial charge in [0.15, 0.2) is 0 Å². The van der Waals surface area contributed by atoms with Crippen LogP contribution in [0.25, 0.3) is 0 Å². The van der Waals surface area contributed by atoms with Gasteiger partial charge in [-0.1, -0.05) is 80.4 Å². The van der Waals surface area contributed by atoms with Gasteiger partial charge in [0.25, 0.3) is 0 Å². The minimum absolute atomic E-state index is 0.0915. The summed E-state index contributed by atoms with van der Waals surface area (Å²) in [5.41, 5.74) is 8.12. The van der Waals surface area contributed by atoms with Crippen molar-refractivity contribution in [1.29, 1.82) is 0 Å². The fourth-order valence-corrected chi connectivity index (χ4v) is 2.45. The SMILES string of the molecule is CCCCC(N)C(=O)NC(c1ccccc1)c1ccccc1. The summed E-state index contributed by atoms with van der Waals surface area (Å²) in [6, 6.07) is 19.3. The van der Waals surface area contributed by atoms with Gasteiger partial charge < -0.3 is 11.1 Å². The van der Waals surface area contributed by atoms with Crippen molar-refractivity contribution in [3.05, 3.63) is 71.8 Å². The van der Waals surface area contributed by atoms with E-state index in [2.05, 4.69) is 12.2 Å². The number of hydrogen-bond acceptors (Lipinski definition) is 2. The Morgan fingerprint density at radius 2 is 1.50 bits per heavy atom. The minimum atomic E-state index is -0.449. The smallest absolute Gasteiger partial charge is 0.237 e. The lowest BCUT2D eigenvalue weighted by Crippen LogP contribution is -2.42. The number of nitrogens with two attached hydrogens (primary N) is 1. The highest BCUT2D eigenvalue weighted by Crippen LogP contribution is 2.21. The van der Waals surface area contributed by atoms with E-state index in [9.17, 15) is 4.79 Å². The van der Waals surface area contributed by atoms with Gasteiger partial charge in [0.2, 0.25) is 5.91 Å². The van der Waals surface area contributed by atoms with E-state index in [1.165, 1.54) is 0 Å². The molecule has 0 saturated carbocycles. The van der Waals surface area contributed by atoms with Crippen LogP contribution in [0.3, 0.4) is 0 Å². The number of carbonyl (C=O) groups excluding carboxylic acids is 1. The quantitative estimate of drug-likeness (QED) is 0.822. The molecule has 1 atom stereocenters. The van der Waals surface area contributed by atoms with E-state index in [-0.39, 0.29) is 11.9 Å². The van der Waals surface area contributed by atoms with E-state index >= 15 is 0 Å². The van der Waals surface area contributed by atoms with E-state index in [0.29, 0.717) is 0 Å². The molecule has 0 spiro atoms. The predicted molar refractivity (Wildman–Crippen MR) is 90.4 cm³/mol. The Morgan fingerprint density at radius 3 is 1.95 bits per heavy atom. The molecular weight excluding hydrogens is 272 g/mol. The van der Waals surface area contributed by atoms with Gasteiger partial charge in [0, 0.05) is 0 Å². The van der Waals surface area contributed by atoms with Crippen LogP contribution in [0.2, 0.25) is 0 Å². The van der Waals surface area contributed by atoms with Crippen LogP contribution < -0.4 is 11.1 Å². The highest BCUT2D eigenvalue weighted by atomic mass is 16.2. The van der Waals surface area contributed by atoms with Crippen LogP contribution in [0.5, 0.6) is 0 Å². The maximum atomic E-state index is 12.4. The monoisotopic (exact) mass is 296 g/mol. The molecule has 22 heavy (non-hydrogen) atoms. The van der Waals surface area contributed by atoms with Crippen molar-refractivity contribution in [2.75, 3.05) is 0 Å². The number of benzene rings is 2. The summed E-state index contributed by atoms with van der Waals surface area (Å²) < 4.78 is 0. The van der Waals surface area contributed by atoms with Crippen molar-refractivity contribution < 1.29 is 4.79 Å². The zero-order valence-corrected chi connectivity index (χ0v) is 13.0. The standard InChI is InChI=1S/C19H24N2O/c1-2-3-14-17(20)19(22)21-18(15-10-6-4-7-11-15)16-12-8-5-9-13-16/h4-13,17-18H,2-3,14,20H2,1H3,(H,21,22). The maximum absolute atomic E-state index is 12.4. The molecule has 1 unspecified atom stereocenters. The Labute approximate surface area is 132 Å². The number of hydrogen-bond donors (Lipinski definition) is 2. The van der Waals surface area contributed by atoms with Gasteiger partial charge in [-0.3, -0.25) is 4.79 Å². The average molecular weight is 296 g/mol. The van der Waals surface area contributed by atoms with Crippen molar-refractivity contribution in [3.63, 3.8) is 0 Å². The molecule has 0 fully saturated rings. The van der Waals surface area contributed by atoms with Crippen LogP contribution >= 0.6 is 0 Å². The summed E-state index contributed by atoms with van der Waals surface area (Å²) in [6.07, 6.45) is 2.73. The van der Waals surface area contributed by atoms with E-state index in [1.807, 2.05) is 60.7 Å². The van der Waals surface area contributed by atoms with Crippen molar-refractivity contribution in [2.24, 2.45) is 5.73 Å². The van der Waals surface area contributed by atoms with Crippen molar-refractivity contribution >= 4 is 5.91 Å². The molecule has 2 rings (SSSR count). The fraction of sp³-hybridized carbons (Fsp3) is 0.316. The third kappa shape index (κ3) is 4.43. The highest BCUT2D eigenvalue weighted by Gasteiger charge is 2.20. The second-order valence-corrected chi connectivity index (χ2v) is 5.51. The van der Waals surface area contributed by atoms with E-state index < -0.39 is 6.04 Å². The second-order valence-electron chi connectivity index (χ2n) is 5.51. The molecule has 0 saturated heterocycles. The largest absolute Gasteiger partial charge is 0.344 e. The van der Waals surface area contributed by atoms with Crippen LogP contribution in [0.1, 0.15) is 43.4 Å². The first-order chi connectivity index (χ1) is 10.7. The fourth-order valence-electron chi connectivity index (χ4n) is 2.45. The Morgan fingerprint density at radius 1 is 1.00 bits per heavy atom. The summed E-state index contributed by atoms with van der Waals surface area (Å²) in [5, 5.41) is 3.09. The number of nitrogens with one attached hydrogen (secondary N) is 1. The molecule has 3 N–H and O–H groups in total. The zero-order valence-electron chi connectivity index (χ0n) is 13.0. The lowest BCUT2D eigenvalue weighted by Gasteiger charge is -2.22. The maximum Gasteiger partial charge on any atom is 0.237 e. The van der Waals surface area contributed by atoms with Gasteiger partial charge in [-0.05, 0) is 17.5 Å². The van der Waals surface area contributed by atoms with Gasteiger partial charge >= 0.3 is 0 Å². The summed E-state index contributed by atoms with van der Waals surface area (Å²) >= 11 is 0. The van der Waals surface area contributed by atoms with Gasteiger partial charge in [-0.25, -0.2) is 0 Å².